The smallest absolute Gasteiger partial charge is 0.336 e. The molecule has 0 radical (unpaired) electrons. The van der Waals surface area contributed by atoms with Crippen LogP contribution in [0.15, 0.2) is 71.1 Å². The average Bonchev–Trinajstić information content (AvgIpc) is 2.94. The number of allylic oxidation sites excluding steroid dienone is 2. The number of phenolic OH excluding ortho intramolecular Hbond substituents is 1. The van der Waals surface area contributed by atoms with Crippen LogP contribution in [0.3, 0.4) is 0 Å². The van der Waals surface area contributed by atoms with Gasteiger partial charge in [-0.3, -0.25) is 29.9 Å². The number of hydrogen-bond donors (Lipinski definition) is 3. The molecule has 1 atom stereocenters. The van der Waals surface area contributed by atoms with Gasteiger partial charge in [0, 0.05) is 23.0 Å². The molecular weight excluding hydrogens is 538 g/mol. The fourth-order valence-electron chi connectivity index (χ4n) is 4.79. The number of benzene rings is 2. The maximum atomic E-state index is 13.5. The largest absolute Gasteiger partial charge is 0.508 e. The number of carbonyl (C=O) groups is 4. The van der Waals surface area contributed by atoms with Crippen LogP contribution in [0.1, 0.15) is 30.9 Å². The van der Waals surface area contributed by atoms with E-state index in [1.165, 1.54) is 50.2 Å². The molecule has 2 aromatic rings. The summed E-state index contributed by atoms with van der Waals surface area (Å²) in [4.78, 5) is 63.9. The number of phenols is 1. The van der Waals surface area contributed by atoms with E-state index < -0.39 is 47.2 Å². The van der Waals surface area contributed by atoms with Crippen molar-refractivity contribution in [1.82, 2.24) is 10.2 Å². The first-order chi connectivity index (χ1) is 19.4. The number of amides is 1. The van der Waals surface area contributed by atoms with Crippen molar-refractivity contribution in [2.45, 2.75) is 32.2 Å². The molecule has 13 nitrogen and oxygen atoms in total. The molecule has 1 aliphatic heterocycles. The lowest BCUT2D eigenvalue weighted by Crippen LogP contribution is -2.46. The number of methoxy groups -OCH3 is 2. The Hall–Kier alpha value is -5.04. The zero-order valence-electron chi connectivity index (χ0n) is 22.7. The predicted octanol–water partition coefficient (Wildman–Crippen LogP) is 2.41. The van der Waals surface area contributed by atoms with Crippen molar-refractivity contribution in [1.29, 1.82) is 0 Å². The molecule has 0 saturated carbocycles. The molecule has 3 N–H and O–H groups in total. The van der Waals surface area contributed by atoms with E-state index in [1.54, 1.807) is 12.1 Å². The monoisotopic (exact) mass is 567 g/mol. The summed E-state index contributed by atoms with van der Waals surface area (Å²) in [5.74, 6) is -5.08. The number of carbonyl (C=O) groups excluding carboxylic acids is 3. The topological polar surface area (TPSA) is 186 Å². The number of nitro groups is 1. The minimum Gasteiger partial charge on any atom is -0.508 e. The Morgan fingerprint density at radius 3 is 2.00 bits per heavy atom. The number of aliphatic carboxylic acids is 1. The number of hydrogen-bond acceptors (Lipinski definition) is 10. The van der Waals surface area contributed by atoms with E-state index in [0.717, 1.165) is 19.1 Å². The molecule has 0 spiro atoms. The van der Waals surface area contributed by atoms with Crippen molar-refractivity contribution >= 4 is 29.5 Å². The van der Waals surface area contributed by atoms with E-state index >= 15 is 0 Å². The highest BCUT2D eigenvalue weighted by atomic mass is 16.6. The standard InChI is InChI=1S/C28H29N3O10/c1-15-23(27(36)40-3)25(19-7-5-6-8-21(19)31(38)39)24(28(37)41-4)16(2)30(15)22(33)14-29-20(26(34)35)13-17-9-11-18(32)12-10-17/h5-12,20,25,29,32H,13-14H2,1-4H3,(H,34,35)/t20-/m0/s1. The summed E-state index contributed by atoms with van der Waals surface area (Å²) in [6, 6.07) is 10.3. The predicted molar refractivity (Wildman–Crippen MR) is 143 cm³/mol. The Morgan fingerprint density at radius 1 is 0.976 bits per heavy atom. The van der Waals surface area contributed by atoms with E-state index in [1.807, 2.05) is 0 Å². The number of rotatable bonds is 10. The number of carboxylic acids is 1. The van der Waals surface area contributed by atoms with Gasteiger partial charge in [0.25, 0.3) is 5.69 Å². The van der Waals surface area contributed by atoms with Crippen LogP contribution in [0.25, 0.3) is 0 Å². The lowest BCUT2D eigenvalue weighted by atomic mass is 9.79. The third-order valence-electron chi connectivity index (χ3n) is 6.71. The summed E-state index contributed by atoms with van der Waals surface area (Å²) in [5.41, 5.74) is -0.0544. The van der Waals surface area contributed by atoms with Crippen molar-refractivity contribution in [3.05, 3.63) is 92.3 Å². The highest BCUT2D eigenvalue weighted by Gasteiger charge is 2.44. The van der Waals surface area contributed by atoms with Gasteiger partial charge < -0.3 is 19.7 Å². The van der Waals surface area contributed by atoms with E-state index in [2.05, 4.69) is 5.32 Å². The molecular formula is C28H29N3O10. The van der Waals surface area contributed by atoms with Crippen LogP contribution in [0, 0.1) is 10.1 Å². The number of carboxylic acid groups (broad SMARTS) is 1. The highest BCUT2D eigenvalue weighted by molar-refractivity contribution is 6.02. The number of nitrogens with one attached hydrogen (secondary N) is 1. The summed E-state index contributed by atoms with van der Waals surface area (Å²) in [5, 5.41) is 33.7. The van der Waals surface area contributed by atoms with Gasteiger partial charge in [-0.2, -0.15) is 0 Å². The lowest BCUT2D eigenvalue weighted by Gasteiger charge is -2.36. The van der Waals surface area contributed by atoms with Crippen molar-refractivity contribution in [3.63, 3.8) is 0 Å². The molecule has 2 aromatic carbocycles. The fourth-order valence-corrected chi connectivity index (χ4v) is 4.79. The Morgan fingerprint density at radius 2 is 1.51 bits per heavy atom. The second-order valence-electron chi connectivity index (χ2n) is 9.10. The molecule has 1 amide bonds. The van der Waals surface area contributed by atoms with Crippen LogP contribution in [0.5, 0.6) is 5.75 Å². The van der Waals surface area contributed by atoms with Gasteiger partial charge in [-0.1, -0.05) is 30.3 Å². The zero-order chi connectivity index (χ0) is 30.4. The van der Waals surface area contributed by atoms with Crippen LogP contribution in [0.2, 0.25) is 0 Å². The maximum Gasteiger partial charge on any atom is 0.336 e. The zero-order valence-corrected chi connectivity index (χ0v) is 22.7. The number of nitro benzene ring substituents is 1. The van der Waals surface area contributed by atoms with Crippen LogP contribution in [-0.2, 0) is 35.1 Å². The SMILES string of the molecule is COC(=O)C1=C(C)N(C(=O)CN[C@@H](Cc2ccc(O)cc2)C(=O)O)C(C)=C(C(=O)OC)C1c1ccccc1[N+](=O)[O-]. The number of esters is 2. The summed E-state index contributed by atoms with van der Waals surface area (Å²) >= 11 is 0. The first-order valence-corrected chi connectivity index (χ1v) is 12.3. The van der Waals surface area contributed by atoms with Gasteiger partial charge in [-0.25, -0.2) is 9.59 Å². The van der Waals surface area contributed by atoms with Crippen LogP contribution in [0.4, 0.5) is 5.69 Å². The second kappa shape index (κ2) is 12.9. The van der Waals surface area contributed by atoms with Crippen molar-refractivity contribution < 1.29 is 43.8 Å². The summed E-state index contributed by atoms with van der Waals surface area (Å²) in [7, 11) is 2.19. The Labute approximate surface area is 234 Å². The molecule has 0 unspecified atom stereocenters. The number of ether oxygens (including phenoxy) is 2. The average molecular weight is 568 g/mol. The molecule has 0 fully saturated rings. The molecule has 13 heteroatoms. The fraction of sp³-hybridized carbons (Fsp3) is 0.286. The molecule has 0 aromatic heterocycles. The molecule has 0 aliphatic carbocycles. The van der Waals surface area contributed by atoms with Crippen molar-refractivity contribution in [2.24, 2.45) is 0 Å². The highest BCUT2D eigenvalue weighted by Crippen LogP contribution is 2.45. The molecule has 0 saturated heterocycles. The molecule has 216 valence electrons. The minimum atomic E-state index is -1.30. The lowest BCUT2D eigenvalue weighted by molar-refractivity contribution is -0.385. The normalized spacial score (nSPS) is 14.5. The van der Waals surface area contributed by atoms with Gasteiger partial charge in [0.05, 0.1) is 42.8 Å². The summed E-state index contributed by atoms with van der Waals surface area (Å²) in [6.07, 6.45) is -0.00684. The second-order valence-corrected chi connectivity index (χ2v) is 9.10. The number of para-hydroxylation sites is 1. The van der Waals surface area contributed by atoms with E-state index in [4.69, 9.17) is 9.47 Å². The molecule has 41 heavy (non-hydrogen) atoms. The summed E-state index contributed by atoms with van der Waals surface area (Å²) < 4.78 is 9.90. The van der Waals surface area contributed by atoms with Crippen LogP contribution < -0.4 is 5.32 Å². The van der Waals surface area contributed by atoms with Crippen LogP contribution in [-0.4, -0.2) is 70.7 Å². The molecule has 1 aliphatic rings. The third-order valence-corrected chi connectivity index (χ3v) is 6.71. The van der Waals surface area contributed by atoms with Gasteiger partial charge in [-0.05, 0) is 38.0 Å². The van der Waals surface area contributed by atoms with Crippen molar-refractivity contribution in [2.75, 3.05) is 20.8 Å². The Balaban J connectivity index is 2.07. The van der Waals surface area contributed by atoms with E-state index in [9.17, 15) is 39.5 Å². The molecule has 0 bridgehead atoms. The van der Waals surface area contributed by atoms with Gasteiger partial charge >= 0.3 is 17.9 Å². The van der Waals surface area contributed by atoms with Crippen LogP contribution >= 0.6 is 0 Å². The summed E-state index contributed by atoms with van der Waals surface area (Å²) in [6.45, 7) is 2.34. The van der Waals surface area contributed by atoms with Gasteiger partial charge in [-0.15, -0.1) is 0 Å². The Bertz CT molecular complexity index is 1410. The molecule has 3 rings (SSSR count). The quantitative estimate of drug-likeness (QED) is 0.217. The van der Waals surface area contributed by atoms with Gasteiger partial charge in [0.1, 0.15) is 11.8 Å². The first-order valence-electron chi connectivity index (χ1n) is 12.3. The molecule has 1 heterocycles. The van der Waals surface area contributed by atoms with Gasteiger partial charge in [0.15, 0.2) is 0 Å². The van der Waals surface area contributed by atoms with E-state index in [0.29, 0.717) is 5.56 Å². The number of nitrogens with zero attached hydrogens (tertiary/aromatic N) is 2. The minimum absolute atomic E-state index is 0.00684. The Kier molecular flexibility index (Phi) is 9.58. The van der Waals surface area contributed by atoms with Crippen molar-refractivity contribution in [3.8, 4) is 5.75 Å². The van der Waals surface area contributed by atoms with E-state index in [-0.39, 0.29) is 46.0 Å². The first kappa shape index (κ1) is 30.5. The maximum absolute atomic E-state index is 13.5. The van der Waals surface area contributed by atoms with Gasteiger partial charge in [0.2, 0.25) is 5.91 Å². The third kappa shape index (κ3) is 6.41. The number of aromatic hydroxyl groups is 1.